The van der Waals surface area contributed by atoms with Crippen molar-refractivity contribution in [3.05, 3.63) is 58.6 Å². The molecule has 0 saturated heterocycles. The van der Waals surface area contributed by atoms with Gasteiger partial charge in [-0.25, -0.2) is 4.79 Å². The van der Waals surface area contributed by atoms with Crippen LogP contribution in [0.15, 0.2) is 42.5 Å². The lowest BCUT2D eigenvalue weighted by Gasteiger charge is -2.21. The Labute approximate surface area is 117 Å². The van der Waals surface area contributed by atoms with E-state index >= 15 is 0 Å². The third-order valence-corrected chi connectivity index (χ3v) is 3.25. The fourth-order valence-electron chi connectivity index (χ4n) is 1.89. The third-order valence-electron chi connectivity index (χ3n) is 2.94. The number of carboxylic acids is 1. The molecule has 0 aliphatic heterocycles. The van der Waals surface area contributed by atoms with Crippen LogP contribution in [0.3, 0.4) is 0 Å². The summed E-state index contributed by atoms with van der Waals surface area (Å²) in [5, 5.41) is 9.34. The first-order chi connectivity index (χ1) is 8.99. The second-order valence-corrected chi connectivity index (χ2v) is 4.78. The SMILES string of the molecule is Cc1cccc(N(C)c2ccc(C(=O)O)cc2Cl)c1. The molecule has 0 fully saturated rings. The molecule has 0 aliphatic carbocycles. The molecule has 0 heterocycles. The summed E-state index contributed by atoms with van der Waals surface area (Å²) in [5.74, 6) is -0.980. The number of hydrogen-bond donors (Lipinski definition) is 1. The average Bonchev–Trinajstić information content (AvgIpc) is 2.37. The molecule has 1 N–H and O–H groups in total. The number of nitrogens with zero attached hydrogens (tertiary/aromatic N) is 1. The van der Waals surface area contributed by atoms with Crippen molar-refractivity contribution in [3.8, 4) is 0 Å². The van der Waals surface area contributed by atoms with Crippen LogP contribution in [-0.4, -0.2) is 18.1 Å². The van der Waals surface area contributed by atoms with E-state index in [1.165, 1.54) is 6.07 Å². The lowest BCUT2D eigenvalue weighted by Crippen LogP contribution is -2.10. The second-order valence-electron chi connectivity index (χ2n) is 4.37. The van der Waals surface area contributed by atoms with Crippen LogP contribution in [-0.2, 0) is 0 Å². The average molecular weight is 276 g/mol. The molecule has 0 aromatic heterocycles. The second kappa shape index (κ2) is 5.33. The number of carboxylic acid groups (broad SMARTS) is 1. The van der Waals surface area contributed by atoms with Gasteiger partial charge in [0.1, 0.15) is 0 Å². The zero-order valence-corrected chi connectivity index (χ0v) is 11.5. The van der Waals surface area contributed by atoms with Crippen LogP contribution in [0.4, 0.5) is 11.4 Å². The summed E-state index contributed by atoms with van der Waals surface area (Å²) in [7, 11) is 1.90. The highest BCUT2D eigenvalue weighted by Gasteiger charge is 2.11. The summed E-state index contributed by atoms with van der Waals surface area (Å²) in [4.78, 5) is 12.8. The molecule has 2 aromatic carbocycles. The van der Waals surface area contributed by atoms with E-state index in [1.807, 2.05) is 43.1 Å². The van der Waals surface area contributed by atoms with Gasteiger partial charge in [-0.1, -0.05) is 23.7 Å². The molecular formula is C15H14ClNO2. The highest BCUT2D eigenvalue weighted by Crippen LogP contribution is 2.31. The predicted octanol–water partition coefficient (Wildman–Crippen LogP) is 4.11. The Balaban J connectivity index is 2.39. The Hall–Kier alpha value is -2.00. The molecule has 4 heteroatoms. The van der Waals surface area contributed by atoms with Crippen LogP contribution < -0.4 is 4.90 Å². The maximum Gasteiger partial charge on any atom is 0.335 e. The Kier molecular flexibility index (Phi) is 3.76. The maximum atomic E-state index is 10.9. The van der Waals surface area contributed by atoms with Crippen LogP contribution in [0, 0.1) is 6.92 Å². The van der Waals surface area contributed by atoms with E-state index in [0.717, 1.165) is 16.9 Å². The van der Waals surface area contributed by atoms with Gasteiger partial charge in [-0.3, -0.25) is 0 Å². The molecule has 98 valence electrons. The normalized spacial score (nSPS) is 10.3. The first-order valence-corrected chi connectivity index (χ1v) is 6.20. The molecule has 0 unspecified atom stereocenters. The van der Waals surface area contributed by atoms with Crippen LogP contribution >= 0.6 is 11.6 Å². The van der Waals surface area contributed by atoms with E-state index in [4.69, 9.17) is 16.7 Å². The quantitative estimate of drug-likeness (QED) is 0.916. The number of halogens is 1. The van der Waals surface area contributed by atoms with Crippen molar-refractivity contribution in [2.75, 3.05) is 11.9 Å². The smallest absolute Gasteiger partial charge is 0.335 e. The first kappa shape index (κ1) is 13.4. The van der Waals surface area contributed by atoms with E-state index < -0.39 is 5.97 Å². The molecule has 19 heavy (non-hydrogen) atoms. The predicted molar refractivity (Wildman–Crippen MR) is 77.7 cm³/mol. The fourth-order valence-corrected chi connectivity index (χ4v) is 2.19. The Bertz CT molecular complexity index is 625. The molecular weight excluding hydrogens is 262 g/mol. The number of carbonyl (C=O) groups is 1. The monoisotopic (exact) mass is 275 g/mol. The summed E-state index contributed by atoms with van der Waals surface area (Å²) < 4.78 is 0. The van der Waals surface area contributed by atoms with E-state index in [1.54, 1.807) is 12.1 Å². The van der Waals surface area contributed by atoms with Gasteiger partial charge >= 0.3 is 5.97 Å². The molecule has 2 rings (SSSR count). The lowest BCUT2D eigenvalue weighted by atomic mass is 10.1. The Morgan fingerprint density at radius 2 is 1.95 bits per heavy atom. The molecule has 0 radical (unpaired) electrons. The number of benzene rings is 2. The number of hydrogen-bond acceptors (Lipinski definition) is 2. The zero-order chi connectivity index (χ0) is 14.0. The first-order valence-electron chi connectivity index (χ1n) is 5.82. The van der Waals surface area contributed by atoms with Gasteiger partial charge in [-0.15, -0.1) is 0 Å². The van der Waals surface area contributed by atoms with Gasteiger partial charge in [-0.2, -0.15) is 0 Å². The minimum Gasteiger partial charge on any atom is -0.478 e. The van der Waals surface area contributed by atoms with Gasteiger partial charge in [-0.05, 0) is 42.8 Å². The van der Waals surface area contributed by atoms with Gasteiger partial charge in [0, 0.05) is 12.7 Å². The molecule has 0 spiro atoms. The minimum absolute atomic E-state index is 0.186. The minimum atomic E-state index is -0.980. The van der Waals surface area contributed by atoms with Crippen LogP contribution in [0.5, 0.6) is 0 Å². The van der Waals surface area contributed by atoms with Crippen molar-refractivity contribution in [1.82, 2.24) is 0 Å². The van der Waals surface area contributed by atoms with Gasteiger partial charge in [0.05, 0.1) is 16.3 Å². The molecule has 2 aromatic rings. The molecule has 0 amide bonds. The zero-order valence-electron chi connectivity index (χ0n) is 10.7. The summed E-state index contributed by atoms with van der Waals surface area (Å²) in [6.45, 7) is 2.02. The van der Waals surface area contributed by atoms with Crippen molar-refractivity contribution < 1.29 is 9.90 Å². The van der Waals surface area contributed by atoms with E-state index in [9.17, 15) is 4.79 Å². The lowest BCUT2D eigenvalue weighted by molar-refractivity contribution is 0.0697. The molecule has 0 aliphatic rings. The van der Waals surface area contributed by atoms with E-state index in [-0.39, 0.29) is 5.56 Å². The van der Waals surface area contributed by atoms with Crippen LogP contribution in [0.25, 0.3) is 0 Å². The largest absolute Gasteiger partial charge is 0.478 e. The number of anilines is 2. The fraction of sp³-hybridized carbons (Fsp3) is 0.133. The van der Waals surface area contributed by atoms with Crippen molar-refractivity contribution in [1.29, 1.82) is 0 Å². The molecule has 0 atom stereocenters. The van der Waals surface area contributed by atoms with Crippen molar-refractivity contribution >= 4 is 28.9 Å². The highest BCUT2D eigenvalue weighted by atomic mass is 35.5. The number of aromatic carboxylic acids is 1. The summed E-state index contributed by atoms with van der Waals surface area (Å²) in [5.41, 5.74) is 3.12. The van der Waals surface area contributed by atoms with Crippen LogP contribution in [0.2, 0.25) is 5.02 Å². The number of aryl methyl sites for hydroxylation is 1. The number of rotatable bonds is 3. The topological polar surface area (TPSA) is 40.5 Å². The van der Waals surface area contributed by atoms with Crippen LogP contribution in [0.1, 0.15) is 15.9 Å². The van der Waals surface area contributed by atoms with Crippen molar-refractivity contribution in [2.24, 2.45) is 0 Å². The van der Waals surface area contributed by atoms with Crippen molar-refractivity contribution in [3.63, 3.8) is 0 Å². The van der Waals surface area contributed by atoms with Gasteiger partial charge < -0.3 is 10.0 Å². The molecule has 3 nitrogen and oxygen atoms in total. The highest BCUT2D eigenvalue weighted by molar-refractivity contribution is 6.33. The van der Waals surface area contributed by atoms with E-state index in [2.05, 4.69) is 0 Å². The molecule has 0 bridgehead atoms. The van der Waals surface area contributed by atoms with Crippen molar-refractivity contribution in [2.45, 2.75) is 6.92 Å². The maximum absolute atomic E-state index is 10.9. The van der Waals surface area contributed by atoms with Gasteiger partial charge in [0.15, 0.2) is 0 Å². The van der Waals surface area contributed by atoms with E-state index in [0.29, 0.717) is 5.02 Å². The summed E-state index contributed by atoms with van der Waals surface area (Å²) in [6.07, 6.45) is 0. The Morgan fingerprint density at radius 1 is 1.21 bits per heavy atom. The summed E-state index contributed by atoms with van der Waals surface area (Å²) >= 11 is 6.15. The third kappa shape index (κ3) is 2.88. The molecule has 0 saturated carbocycles. The standard InChI is InChI=1S/C15H14ClNO2/c1-10-4-3-5-12(8-10)17(2)14-7-6-11(15(18)19)9-13(14)16/h3-9H,1-2H3,(H,18,19). The van der Waals surface area contributed by atoms with Gasteiger partial charge in [0.2, 0.25) is 0 Å². The Morgan fingerprint density at radius 3 is 2.53 bits per heavy atom. The summed E-state index contributed by atoms with van der Waals surface area (Å²) in [6, 6.07) is 12.7. The van der Waals surface area contributed by atoms with Gasteiger partial charge in [0.25, 0.3) is 0 Å².